The molecule has 0 aromatic heterocycles. The lowest BCUT2D eigenvalue weighted by Gasteiger charge is -2.24. The van der Waals surface area contributed by atoms with Gasteiger partial charge < -0.3 is 19.5 Å². The Labute approximate surface area is 142 Å². The summed E-state index contributed by atoms with van der Waals surface area (Å²) in [6.45, 7) is 7.14. The third-order valence-electron chi connectivity index (χ3n) is 5.20. The van der Waals surface area contributed by atoms with E-state index in [1.165, 1.54) is 11.1 Å². The van der Waals surface area contributed by atoms with Crippen molar-refractivity contribution in [1.82, 2.24) is 4.90 Å². The molecule has 3 aliphatic heterocycles. The van der Waals surface area contributed by atoms with Crippen LogP contribution in [0.4, 0.5) is 0 Å². The number of allylic oxidation sites excluding steroid dienone is 3. The Morgan fingerprint density at radius 3 is 2.83 bits per heavy atom. The van der Waals surface area contributed by atoms with Crippen LogP contribution in [0.3, 0.4) is 0 Å². The van der Waals surface area contributed by atoms with Gasteiger partial charge in [0.1, 0.15) is 5.60 Å². The first-order valence-electron chi connectivity index (χ1n) is 8.50. The van der Waals surface area contributed by atoms with Crippen molar-refractivity contribution in [2.24, 2.45) is 11.8 Å². The van der Waals surface area contributed by atoms with E-state index >= 15 is 0 Å². The number of nitrogens with zero attached hydrogens (tertiary/aromatic N) is 1. The molecule has 5 nitrogen and oxygen atoms in total. The number of likely N-dealkylation sites (tertiary alicyclic amines) is 1. The van der Waals surface area contributed by atoms with E-state index in [0.717, 1.165) is 12.8 Å². The molecule has 4 atom stereocenters. The van der Waals surface area contributed by atoms with E-state index in [2.05, 4.69) is 32.9 Å². The highest BCUT2D eigenvalue weighted by Gasteiger charge is 2.65. The SMILES string of the molecule is CC(C)=CCC/C(C)=C\CN1C[C@@]23C=C[C@H](O2)[C@H](C(=O)[O-])[C@@H]3C1=O. The smallest absolute Gasteiger partial charge is 0.230 e. The summed E-state index contributed by atoms with van der Waals surface area (Å²) >= 11 is 0. The fourth-order valence-corrected chi connectivity index (χ4v) is 3.96. The first-order chi connectivity index (χ1) is 11.3. The minimum absolute atomic E-state index is 0.135. The number of rotatable bonds is 6. The summed E-state index contributed by atoms with van der Waals surface area (Å²) in [6.07, 6.45) is 9.31. The van der Waals surface area contributed by atoms with Crippen molar-refractivity contribution in [2.75, 3.05) is 13.1 Å². The molecule has 0 saturated carbocycles. The van der Waals surface area contributed by atoms with Gasteiger partial charge in [-0.05, 0) is 33.6 Å². The highest BCUT2D eigenvalue weighted by atomic mass is 16.5. The van der Waals surface area contributed by atoms with Crippen LogP contribution in [0.25, 0.3) is 0 Å². The van der Waals surface area contributed by atoms with Crippen LogP contribution >= 0.6 is 0 Å². The molecule has 0 aromatic rings. The molecule has 2 bridgehead atoms. The summed E-state index contributed by atoms with van der Waals surface area (Å²) in [5.74, 6) is -2.84. The lowest BCUT2D eigenvalue weighted by atomic mass is 9.77. The second-order valence-corrected chi connectivity index (χ2v) is 7.31. The van der Waals surface area contributed by atoms with Crippen molar-refractivity contribution in [1.29, 1.82) is 0 Å². The van der Waals surface area contributed by atoms with Crippen molar-refractivity contribution in [2.45, 2.75) is 45.3 Å². The molecular weight excluding hydrogens is 306 g/mol. The molecule has 3 rings (SSSR count). The molecule has 0 aromatic carbocycles. The standard InChI is InChI=1S/C19H25NO4/c1-12(2)5-4-6-13(3)8-10-20-11-19-9-7-14(24-19)15(18(22)23)16(19)17(20)21/h5,7-9,14-16H,4,6,10-11H2,1-3H3,(H,22,23)/p-1/b13-8-/t14-,15-,16+,19+/m0/s1. The number of fused-ring (bicyclic) bond motifs is 1. The molecule has 0 N–H and O–H groups in total. The summed E-state index contributed by atoms with van der Waals surface area (Å²) in [5, 5.41) is 11.4. The largest absolute Gasteiger partial charge is 0.550 e. The van der Waals surface area contributed by atoms with Gasteiger partial charge in [0.25, 0.3) is 0 Å². The Balaban J connectivity index is 1.66. The topological polar surface area (TPSA) is 69.7 Å². The van der Waals surface area contributed by atoms with Crippen LogP contribution in [0.2, 0.25) is 0 Å². The summed E-state index contributed by atoms with van der Waals surface area (Å²) < 4.78 is 5.83. The maximum atomic E-state index is 12.7. The summed E-state index contributed by atoms with van der Waals surface area (Å²) in [7, 11) is 0. The Morgan fingerprint density at radius 1 is 1.42 bits per heavy atom. The number of carboxylic acids is 1. The minimum atomic E-state index is -1.19. The summed E-state index contributed by atoms with van der Waals surface area (Å²) in [5.41, 5.74) is 1.76. The van der Waals surface area contributed by atoms with Gasteiger partial charge in [0, 0.05) is 18.4 Å². The molecule has 1 spiro atoms. The number of hydrogen-bond donors (Lipinski definition) is 0. The Morgan fingerprint density at radius 2 is 2.17 bits per heavy atom. The average molecular weight is 330 g/mol. The molecule has 2 saturated heterocycles. The highest BCUT2D eigenvalue weighted by Crippen LogP contribution is 2.51. The number of aliphatic carboxylic acids is 1. The third-order valence-corrected chi connectivity index (χ3v) is 5.20. The predicted octanol–water partition coefficient (Wildman–Crippen LogP) is 1.21. The van der Waals surface area contributed by atoms with Crippen LogP contribution in [0, 0.1) is 11.8 Å². The van der Waals surface area contributed by atoms with E-state index in [4.69, 9.17) is 4.74 Å². The first kappa shape index (κ1) is 17.0. The maximum Gasteiger partial charge on any atom is 0.230 e. The zero-order chi connectivity index (χ0) is 17.5. The monoisotopic (exact) mass is 330 g/mol. The fraction of sp³-hybridized carbons (Fsp3) is 0.579. The van der Waals surface area contributed by atoms with Crippen LogP contribution in [-0.4, -0.2) is 41.6 Å². The fourth-order valence-electron chi connectivity index (χ4n) is 3.96. The van der Waals surface area contributed by atoms with Gasteiger partial charge >= 0.3 is 0 Å². The molecule has 5 heteroatoms. The molecule has 130 valence electrons. The first-order valence-corrected chi connectivity index (χ1v) is 8.50. The van der Waals surface area contributed by atoms with Crippen molar-refractivity contribution < 1.29 is 19.4 Å². The Kier molecular flexibility index (Phi) is 4.38. The number of amides is 1. The van der Waals surface area contributed by atoms with Gasteiger partial charge in [-0.15, -0.1) is 0 Å². The Bertz CT molecular complexity index is 644. The third kappa shape index (κ3) is 2.81. The van der Waals surface area contributed by atoms with Crippen molar-refractivity contribution in [3.63, 3.8) is 0 Å². The molecule has 2 fully saturated rings. The van der Waals surface area contributed by atoms with Gasteiger partial charge in [0.05, 0.1) is 18.6 Å². The van der Waals surface area contributed by atoms with Gasteiger partial charge in [-0.25, -0.2) is 0 Å². The zero-order valence-corrected chi connectivity index (χ0v) is 14.5. The summed E-state index contributed by atoms with van der Waals surface area (Å²) in [4.78, 5) is 25.8. The minimum Gasteiger partial charge on any atom is -0.550 e. The number of ether oxygens (including phenoxy) is 1. The predicted molar refractivity (Wildman–Crippen MR) is 87.7 cm³/mol. The second-order valence-electron chi connectivity index (χ2n) is 7.31. The van der Waals surface area contributed by atoms with Crippen molar-refractivity contribution >= 4 is 11.9 Å². The molecule has 0 aliphatic carbocycles. The lowest BCUT2D eigenvalue weighted by molar-refractivity contribution is -0.313. The molecule has 3 heterocycles. The van der Waals surface area contributed by atoms with Crippen LogP contribution in [-0.2, 0) is 14.3 Å². The number of carbonyl (C=O) groups excluding carboxylic acids is 2. The van der Waals surface area contributed by atoms with Gasteiger partial charge in [-0.1, -0.05) is 35.5 Å². The average Bonchev–Trinajstić information content (AvgIpc) is 3.13. The van der Waals surface area contributed by atoms with Gasteiger partial charge in [-0.2, -0.15) is 0 Å². The van der Waals surface area contributed by atoms with E-state index in [1.807, 2.05) is 6.08 Å². The van der Waals surface area contributed by atoms with Crippen LogP contribution in [0.15, 0.2) is 35.5 Å². The second kappa shape index (κ2) is 6.20. The van der Waals surface area contributed by atoms with Crippen molar-refractivity contribution in [3.8, 4) is 0 Å². The molecule has 0 unspecified atom stereocenters. The molecule has 3 aliphatic rings. The van der Waals surface area contributed by atoms with Crippen LogP contribution in [0.1, 0.15) is 33.6 Å². The van der Waals surface area contributed by atoms with E-state index < -0.39 is 29.5 Å². The van der Waals surface area contributed by atoms with Gasteiger partial charge in [0.2, 0.25) is 5.91 Å². The van der Waals surface area contributed by atoms with E-state index in [0.29, 0.717) is 13.1 Å². The van der Waals surface area contributed by atoms with Gasteiger partial charge in [0.15, 0.2) is 0 Å². The normalized spacial score (nSPS) is 34.0. The maximum absolute atomic E-state index is 12.7. The van der Waals surface area contributed by atoms with E-state index in [1.54, 1.807) is 11.0 Å². The Hall–Kier alpha value is -1.88. The van der Waals surface area contributed by atoms with E-state index in [9.17, 15) is 14.7 Å². The number of hydrogen-bond acceptors (Lipinski definition) is 4. The summed E-state index contributed by atoms with van der Waals surface area (Å²) in [6, 6.07) is 0. The molecule has 1 amide bonds. The van der Waals surface area contributed by atoms with Crippen molar-refractivity contribution in [3.05, 3.63) is 35.5 Å². The quantitative estimate of drug-likeness (QED) is 0.687. The lowest BCUT2D eigenvalue weighted by Crippen LogP contribution is -2.45. The van der Waals surface area contributed by atoms with E-state index in [-0.39, 0.29) is 5.91 Å². The van der Waals surface area contributed by atoms with Crippen LogP contribution < -0.4 is 5.11 Å². The molecule has 0 radical (unpaired) electrons. The number of carbonyl (C=O) groups is 2. The number of carboxylic acid groups (broad SMARTS) is 1. The molecular formula is C19H24NO4-. The molecule has 24 heavy (non-hydrogen) atoms. The highest BCUT2D eigenvalue weighted by molar-refractivity contribution is 5.90. The van der Waals surface area contributed by atoms with Crippen LogP contribution in [0.5, 0.6) is 0 Å². The zero-order valence-electron chi connectivity index (χ0n) is 14.5. The van der Waals surface area contributed by atoms with Gasteiger partial charge in [-0.3, -0.25) is 4.79 Å².